The number of aryl methyl sites for hydroxylation is 1. The van der Waals surface area contributed by atoms with Crippen molar-refractivity contribution in [1.82, 2.24) is 10.2 Å². The largest absolute Gasteiger partial charge is 0.496 e. The second-order valence-electron chi connectivity index (χ2n) is 10.5. The summed E-state index contributed by atoms with van der Waals surface area (Å²) < 4.78 is 35.3. The number of nitrogens with zero attached hydrogens (tertiary/aromatic N) is 2. The van der Waals surface area contributed by atoms with E-state index in [1.165, 1.54) is 30.2 Å². The van der Waals surface area contributed by atoms with E-state index in [-0.39, 0.29) is 34.5 Å². The molecule has 0 aromatic heterocycles. The molecule has 0 saturated carbocycles. The molecular weight excluding hydrogens is 713 g/mol. The summed E-state index contributed by atoms with van der Waals surface area (Å²) in [6.07, 6.45) is 0.197. The van der Waals surface area contributed by atoms with Crippen LogP contribution in [0.2, 0.25) is 10.0 Å². The van der Waals surface area contributed by atoms with Gasteiger partial charge in [-0.1, -0.05) is 77.3 Å². The van der Waals surface area contributed by atoms with Crippen LogP contribution in [0.15, 0.2) is 100 Å². The first-order valence-electron chi connectivity index (χ1n) is 14.4. The van der Waals surface area contributed by atoms with Crippen LogP contribution < -0.4 is 14.4 Å². The molecule has 4 rings (SSSR count). The fraction of sp³-hybridized carbons (Fsp3) is 0.235. The minimum absolute atomic E-state index is 0.0276. The Morgan fingerprint density at radius 1 is 0.913 bits per heavy atom. The Kier molecular flexibility index (Phi) is 12.1. The van der Waals surface area contributed by atoms with Crippen molar-refractivity contribution in [3.63, 3.8) is 0 Å². The van der Waals surface area contributed by atoms with Gasteiger partial charge in [-0.2, -0.15) is 0 Å². The zero-order valence-corrected chi connectivity index (χ0v) is 29.5. The molecular formula is C34H34BrCl2N3O5S. The van der Waals surface area contributed by atoms with Crippen molar-refractivity contribution in [2.75, 3.05) is 24.5 Å². The minimum atomic E-state index is -4.28. The highest BCUT2D eigenvalue weighted by molar-refractivity contribution is 9.10. The lowest BCUT2D eigenvalue weighted by atomic mass is 10.0. The van der Waals surface area contributed by atoms with Gasteiger partial charge in [-0.3, -0.25) is 13.9 Å². The number of amides is 2. The van der Waals surface area contributed by atoms with Crippen molar-refractivity contribution in [2.24, 2.45) is 0 Å². The van der Waals surface area contributed by atoms with E-state index >= 15 is 0 Å². The monoisotopic (exact) mass is 745 g/mol. The predicted octanol–water partition coefficient (Wildman–Crippen LogP) is 7.04. The highest BCUT2D eigenvalue weighted by atomic mass is 79.9. The lowest BCUT2D eigenvalue weighted by Crippen LogP contribution is -2.53. The molecule has 2 amide bonds. The standard InChI is InChI=1S/C34H34BrCl2N3O5S/c1-4-38-34(42)31(19-24-8-6-5-7-9-24)39(21-25-12-16-29(36)30(37)18-25)33(41)22-40(26-13-10-23(2)11-14-26)46(43,44)27-15-17-32(45-3)28(35)20-27/h5-18,20,31H,4,19,21-22H2,1-3H3,(H,38,42)/t31-/m0/s1. The molecule has 4 aromatic carbocycles. The van der Waals surface area contributed by atoms with E-state index in [9.17, 15) is 18.0 Å². The molecule has 0 fully saturated rings. The Hall–Kier alpha value is -3.57. The van der Waals surface area contributed by atoms with E-state index < -0.39 is 28.5 Å². The number of nitrogens with one attached hydrogen (secondary N) is 1. The number of rotatable bonds is 13. The Morgan fingerprint density at radius 3 is 2.22 bits per heavy atom. The summed E-state index contributed by atoms with van der Waals surface area (Å²) in [5, 5.41) is 3.48. The van der Waals surface area contributed by atoms with Crippen LogP contribution in [0.3, 0.4) is 0 Å². The molecule has 0 radical (unpaired) electrons. The number of likely N-dealkylation sites (N-methyl/N-ethyl adjacent to an activating group) is 1. The number of methoxy groups -OCH3 is 1. The number of benzene rings is 4. The van der Waals surface area contributed by atoms with E-state index in [1.54, 1.807) is 49.4 Å². The van der Waals surface area contributed by atoms with Crippen LogP contribution in [0.25, 0.3) is 0 Å². The van der Waals surface area contributed by atoms with Gasteiger partial charge in [-0.15, -0.1) is 0 Å². The number of halogens is 3. The summed E-state index contributed by atoms with van der Waals surface area (Å²) >= 11 is 15.9. The van der Waals surface area contributed by atoms with Crippen molar-refractivity contribution < 1.29 is 22.7 Å². The number of ether oxygens (including phenoxy) is 1. The molecule has 46 heavy (non-hydrogen) atoms. The quantitative estimate of drug-likeness (QED) is 0.158. The highest BCUT2D eigenvalue weighted by Crippen LogP contribution is 2.31. The first-order valence-corrected chi connectivity index (χ1v) is 17.4. The van der Waals surface area contributed by atoms with Crippen LogP contribution in [0.4, 0.5) is 5.69 Å². The first-order chi connectivity index (χ1) is 21.9. The summed E-state index contributed by atoms with van der Waals surface area (Å²) in [7, 11) is -2.80. The molecule has 242 valence electrons. The molecule has 1 N–H and O–H groups in total. The molecule has 0 aliphatic rings. The van der Waals surface area contributed by atoms with Crippen molar-refractivity contribution in [3.05, 3.63) is 122 Å². The van der Waals surface area contributed by atoms with Gasteiger partial charge in [0.1, 0.15) is 18.3 Å². The first kappa shape index (κ1) is 35.3. The maximum Gasteiger partial charge on any atom is 0.264 e. The van der Waals surface area contributed by atoms with Crippen LogP contribution in [-0.2, 0) is 32.6 Å². The number of hydrogen-bond donors (Lipinski definition) is 1. The summed E-state index contributed by atoms with van der Waals surface area (Å²) in [5.41, 5.74) is 2.66. The summed E-state index contributed by atoms with van der Waals surface area (Å²) in [5.74, 6) is -0.506. The Bertz CT molecular complexity index is 1790. The van der Waals surface area contributed by atoms with Gasteiger partial charge in [0.25, 0.3) is 10.0 Å². The van der Waals surface area contributed by atoms with Gasteiger partial charge in [0.2, 0.25) is 11.8 Å². The zero-order chi connectivity index (χ0) is 33.4. The Labute approximate surface area is 288 Å². The lowest BCUT2D eigenvalue weighted by molar-refractivity contribution is -0.140. The molecule has 0 spiro atoms. The molecule has 0 unspecified atom stereocenters. The van der Waals surface area contributed by atoms with Gasteiger partial charge in [0.05, 0.1) is 32.2 Å². The molecule has 0 saturated heterocycles. The summed E-state index contributed by atoms with van der Waals surface area (Å²) in [6.45, 7) is 3.41. The second-order valence-corrected chi connectivity index (χ2v) is 14.0. The Balaban J connectivity index is 1.82. The SMILES string of the molecule is CCNC(=O)[C@H](Cc1ccccc1)N(Cc1ccc(Cl)c(Cl)c1)C(=O)CN(c1ccc(C)cc1)S(=O)(=O)c1ccc(OC)c(Br)c1. The molecule has 0 bridgehead atoms. The van der Waals surface area contributed by atoms with Crippen LogP contribution in [0, 0.1) is 6.92 Å². The normalized spacial score (nSPS) is 11.9. The lowest BCUT2D eigenvalue weighted by Gasteiger charge is -2.34. The van der Waals surface area contributed by atoms with E-state index in [1.807, 2.05) is 37.3 Å². The van der Waals surface area contributed by atoms with Gasteiger partial charge >= 0.3 is 0 Å². The smallest absolute Gasteiger partial charge is 0.264 e. The molecule has 4 aromatic rings. The van der Waals surface area contributed by atoms with Crippen molar-refractivity contribution in [3.8, 4) is 5.75 Å². The molecule has 12 heteroatoms. The van der Waals surface area contributed by atoms with Gasteiger partial charge in [-0.25, -0.2) is 8.42 Å². The van der Waals surface area contributed by atoms with Gasteiger partial charge in [-0.05, 0) is 83.4 Å². The molecule has 1 atom stereocenters. The van der Waals surface area contributed by atoms with E-state index in [2.05, 4.69) is 21.2 Å². The molecule has 0 heterocycles. The second kappa shape index (κ2) is 15.8. The van der Waals surface area contributed by atoms with Crippen molar-refractivity contribution in [1.29, 1.82) is 0 Å². The van der Waals surface area contributed by atoms with Gasteiger partial charge in [0, 0.05) is 19.5 Å². The maximum atomic E-state index is 14.5. The van der Waals surface area contributed by atoms with E-state index in [0.717, 1.165) is 15.4 Å². The third kappa shape index (κ3) is 8.61. The van der Waals surface area contributed by atoms with Crippen LogP contribution in [0.1, 0.15) is 23.6 Å². The summed E-state index contributed by atoms with van der Waals surface area (Å²) in [6, 6.07) is 24.5. The number of carbonyl (C=O) groups excluding carboxylic acids is 2. The summed E-state index contributed by atoms with van der Waals surface area (Å²) in [4.78, 5) is 29.5. The minimum Gasteiger partial charge on any atom is -0.496 e. The highest BCUT2D eigenvalue weighted by Gasteiger charge is 2.34. The number of hydrogen-bond acceptors (Lipinski definition) is 5. The number of sulfonamides is 1. The molecule has 0 aliphatic heterocycles. The van der Waals surface area contributed by atoms with Gasteiger partial charge in [0.15, 0.2) is 0 Å². The molecule has 0 aliphatic carbocycles. The van der Waals surface area contributed by atoms with Crippen LogP contribution in [-0.4, -0.2) is 51.4 Å². The Morgan fingerprint density at radius 2 is 1.61 bits per heavy atom. The van der Waals surface area contributed by atoms with E-state index in [0.29, 0.717) is 27.4 Å². The topological polar surface area (TPSA) is 96.0 Å². The van der Waals surface area contributed by atoms with Crippen molar-refractivity contribution >= 4 is 66.7 Å². The zero-order valence-electron chi connectivity index (χ0n) is 25.5. The average molecular weight is 748 g/mol. The number of carbonyl (C=O) groups is 2. The van der Waals surface area contributed by atoms with Crippen LogP contribution in [0.5, 0.6) is 5.75 Å². The third-order valence-electron chi connectivity index (χ3n) is 7.27. The van der Waals surface area contributed by atoms with Crippen LogP contribution >= 0.6 is 39.1 Å². The third-order valence-corrected chi connectivity index (χ3v) is 10.4. The molecule has 8 nitrogen and oxygen atoms in total. The fourth-order valence-electron chi connectivity index (χ4n) is 4.86. The maximum absolute atomic E-state index is 14.5. The fourth-order valence-corrected chi connectivity index (χ4v) is 7.31. The predicted molar refractivity (Wildman–Crippen MR) is 186 cm³/mol. The van der Waals surface area contributed by atoms with E-state index in [4.69, 9.17) is 27.9 Å². The number of anilines is 1. The average Bonchev–Trinajstić information content (AvgIpc) is 3.04. The van der Waals surface area contributed by atoms with Gasteiger partial charge < -0.3 is 15.0 Å². The van der Waals surface area contributed by atoms with Crippen molar-refractivity contribution in [2.45, 2.75) is 37.8 Å².